The van der Waals surface area contributed by atoms with Crippen LogP contribution in [0.3, 0.4) is 0 Å². The second kappa shape index (κ2) is 7.65. The maximum absolute atomic E-state index is 12.0. The van der Waals surface area contributed by atoms with Crippen molar-refractivity contribution >= 4 is 22.4 Å². The van der Waals surface area contributed by atoms with E-state index in [0.29, 0.717) is 18.0 Å². The molecular formula is C15H19N3O3S. The van der Waals surface area contributed by atoms with E-state index in [1.165, 1.54) is 11.3 Å². The first-order valence-electron chi connectivity index (χ1n) is 6.76. The van der Waals surface area contributed by atoms with Gasteiger partial charge in [-0.25, -0.2) is 4.98 Å². The molecule has 0 radical (unpaired) electrons. The Kier molecular flexibility index (Phi) is 5.60. The monoisotopic (exact) mass is 321 g/mol. The largest absolute Gasteiger partial charge is 0.493 e. The summed E-state index contributed by atoms with van der Waals surface area (Å²) in [6.45, 7) is 0.421. The first-order chi connectivity index (χ1) is 10.7. The van der Waals surface area contributed by atoms with Crippen molar-refractivity contribution in [1.29, 1.82) is 0 Å². The van der Waals surface area contributed by atoms with E-state index in [1.807, 2.05) is 18.5 Å². The molecule has 0 bridgehead atoms. The molecule has 6 nitrogen and oxygen atoms in total. The highest BCUT2D eigenvalue weighted by molar-refractivity contribution is 7.13. The molecular weight excluding hydrogens is 302 g/mol. The number of rotatable bonds is 7. The zero-order chi connectivity index (χ0) is 15.9. The molecule has 2 N–H and O–H groups in total. The Labute approximate surface area is 133 Å². The van der Waals surface area contributed by atoms with Gasteiger partial charge in [-0.15, -0.1) is 11.3 Å². The van der Waals surface area contributed by atoms with Crippen LogP contribution in [-0.4, -0.2) is 32.2 Å². The van der Waals surface area contributed by atoms with Gasteiger partial charge in [-0.1, -0.05) is 6.07 Å². The molecule has 7 heteroatoms. The number of nitrogens with one attached hydrogen (secondary N) is 2. The van der Waals surface area contributed by atoms with Crippen LogP contribution in [0.25, 0.3) is 0 Å². The summed E-state index contributed by atoms with van der Waals surface area (Å²) in [4.78, 5) is 16.3. The third kappa shape index (κ3) is 4.11. The molecule has 1 aromatic carbocycles. The van der Waals surface area contributed by atoms with Gasteiger partial charge in [0, 0.05) is 12.4 Å². The summed E-state index contributed by atoms with van der Waals surface area (Å²) in [5.41, 5.74) is 1.71. The number of amides is 1. The van der Waals surface area contributed by atoms with Gasteiger partial charge in [0.2, 0.25) is 5.91 Å². The number of benzene rings is 1. The lowest BCUT2D eigenvalue weighted by atomic mass is 10.1. The average molecular weight is 321 g/mol. The van der Waals surface area contributed by atoms with E-state index in [2.05, 4.69) is 15.6 Å². The first-order valence-corrected chi connectivity index (χ1v) is 7.64. The van der Waals surface area contributed by atoms with Crippen molar-refractivity contribution in [3.8, 4) is 11.5 Å². The minimum Gasteiger partial charge on any atom is -0.493 e. The number of ether oxygens (including phenoxy) is 2. The summed E-state index contributed by atoms with van der Waals surface area (Å²) in [7, 11) is 4.97. The number of hydrogen-bond acceptors (Lipinski definition) is 6. The quantitative estimate of drug-likeness (QED) is 0.817. The number of hydrogen-bond donors (Lipinski definition) is 2. The van der Waals surface area contributed by atoms with Gasteiger partial charge >= 0.3 is 0 Å². The molecule has 0 atom stereocenters. The summed E-state index contributed by atoms with van der Waals surface area (Å²) < 4.78 is 10.4. The normalized spacial score (nSPS) is 10.1. The predicted octanol–water partition coefficient (Wildman–Crippen LogP) is 2.06. The number of nitrogens with zero attached hydrogens (tertiary/aromatic N) is 1. The molecule has 0 aliphatic heterocycles. The Hall–Kier alpha value is -2.28. The van der Waals surface area contributed by atoms with Crippen molar-refractivity contribution in [2.75, 3.05) is 26.6 Å². The van der Waals surface area contributed by atoms with E-state index in [1.54, 1.807) is 26.4 Å². The summed E-state index contributed by atoms with van der Waals surface area (Å²) in [5, 5.41) is 8.58. The molecule has 0 aliphatic rings. The maximum atomic E-state index is 12.0. The number of carbonyl (C=O) groups is 1. The highest BCUT2D eigenvalue weighted by atomic mass is 32.1. The van der Waals surface area contributed by atoms with Crippen LogP contribution in [0.2, 0.25) is 0 Å². The van der Waals surface area contributed by atoms with E-state index in [4.69, 9.17) is 9.47 Å². The van der Waals surface area contributed by atoms with Gasteiger partial charge in [-0.3, -0.25) is 4.79 Å². The Morgan fingerprint density at radius 2 is 2.05 bits per heavy atom. The lowest BCUT2D eigenvalue weighted by Crippen LogP contribution is -2.24. The molecule has 0 spiro atoms. The van der Waals surface area contributed by atoms with Crippen molar-refractivity contribution in [1.82, 2.24) is 10.3 Å². The first kappa shape index (κ1) is 16.1. The van der Waals surface area contributed by atoms with Gasteiger partial charge in [-0.2, -0.15) is 0 Å². The SMILES string of the molecule is CNc1nc(CNC(=O)Cc2ccc(OC)c(OC)c2)cs1. The molecule has 22 heavy (non-hydrogen) atoms. The fourth-order valence-corrected chi connectivity index (χ4v) is 2.60. The van der Waals surface area contributed by atoms with Crippen LogP contribution in [-0.2, 0) is 17.8 Å². The smallest absolute Gasteiger partial charge is 0.224 e. The van der Waals surface area contributed by atoms with Gasteiger partial charge in [0.05, 0.1) is 32.9 Å². The lowest BCUT2D eigenvalue weighted by Gasteiger charge is -2.09. The molecule has 2 rings (SSSR count). The van der Waals surface area contributed by atoms with E-state index in [-0.39, 0.29) is 12.3 Å². The van der Waals surface area contributed by atoms with E-state index in [9.17, 15) is 4.79 Å². The average Bonchev–Trinajstić information content (AvgIpc) is 3.01. The Morgan fingerprint density at radius 3 is 2.68 bits per heavy atom. The third-order valence-electron chi connectivity index (χ3n) is 3.04. The van der Waals surface area contributed by atoms with Crippen LogP contribution in [0.1, 0.15) is 11.3 Å². The van der Waals surface area contributed by atoms with Crippen LogP contribution in [0.5, 0.6) is 11.5 Å². The number of thiazole rings is 1. The summed E-state index contributed by atoms with van der Waals surface area (Å²) in [6.07, 6.45) is 0.281. The van der Waals surface area contributed by atoms with E-state index < -0.39 is 0 Å². The highest BCUT2D eigenvalue weighted by Gasteiger charge is 2.09. The van der Waals surface area contributed by atoms with E-state index >= 15 is 0 Å². The topological polar surface area (TPSA) is 72.5 Å². The molecule has 1 heterocycles. The fourth-order valence-electron chi connectivity index (χ4n) is 1.93. The molecule has 1 amide bonds. The molecule has 1 aromatic heterocycles. The number of anilines is 1. The molecule has 0 saturated heterocycles. The highest BCUT2D eigenvalue weighted by Crippen LogP contribution is 2.27. The molecule has 0 fully saturated rings. The lowest BCUT2D eigenvalue weighted by molar-refractivity contribution is -0.120. The second-order valence-electron chi connectivity index (χ2n) is 4.54. The van der Waals surface area contributed by atoms with Crippen LogP contribution >= 0.6 is 11.3 Å². The molecule has 2 aromatic rings. The van der Waals surface area contributed by atoms with Gasteiger partial charge in [0.15, 0.2) is 16.6 Å². The minimum atomic E-state index is -0.0637. The van der Waals surface area contributed by atoms with Gasteiger partial charge in [-0.05, 0) is 17.7 Å². The molecule has 118 valence electrons. The minimum absolute atomic E-state index is 0.0637. The maximum Gasteiger partial charge on any atom is 0.224 e. The van der Waals surface area contributed by atoms with Crippen molar-refractivity contribution in [3.05, 3.63) is 34.8 Å². The summed E-state index contributed by atoms with van der Waals surface area (Å²) in [6, 6.07) is 5.45. The Balaban J connectivity index is 1.91. The van der Waals surface area contributed by atoms with Crippen LogP contribution in [0, 0.1) is 0 Å². The second-order valence-corrected chi connectivity index (χ2v) is 5.39. The number of carbonyl (C=O) groups excluding carboxylic acids is 1. The standard InChI is InChI=1S/C15H19N3O3S/c1-16-15-18-11(9-22-15)8-17-14(19)7-10-4-5-12(20-2)13(6-10)21-3/h4-6,9H,7-8H2,1-3H3,(H,16,18)(H,17,19). The fraction of sp³-hybridized carbons (Fsp3) is 0.333. The summed E-state index contributed by atoms with van der Waals surface area (Å²) >= 11 is 1.51. The number of methoxy groups -OCH3 is 2. The van der Waals surface area contributed by atoms with Crippen LogP contribution in [0.15, 0.2) is 23.6 Å². The Morgan fingerprint density at radius 1 is 1.27 bits per heavy atom. The van der Waals surface area contributed by atoms with E-state index in [0.717, 1.165) is 16.4 Å². The predicted molar refractivity (Wildman–Crippen MR) is 86.8 cm³/mol. The Bertz CT molecular complexity index is 643. The number of aromatic nitrogens is 1. The van der Waals surface area contributed by atoms with Gasteiger partial charge < -0.3 is 20.1 Å². The van der Waals surface area contributed by atoms with Crippen molar-refractivity contribution in [2.45, 2.75) is 13.0 Å². The third-order valence-corrected chi connectivity index (χ3v) is 3.95. The molecule has 0 aliphatic carbocycles. The van der Waals surface area contributed by atoms with Crippen molar-refractivity contribution < 1.29 is 14.3 Å². The van der Waals surface area contributed by atoms with Crippen molar-refractivity contribution in [3.63, 3.8) is 0 Å². The van der Waals surface area contributed by atoms with Crippen molar-refractivity contribution in [2.24, 2.45) is 0 Å². The zero-order valence-corrected chi connectivity index (χ0v) is 13.6. The van der Waals surface area contributed by atoms with Gasteiger partial charge in [0.25, 0.3) is 0 Å². The van der Waals surface area contributed by atoms with Crippen LogP contribution in [0.4, 0.5) is 5.13 Å². The van der Waals surface area contributed by atoms with Crippen LogP contribution < -0.4 is 20.1 Å². The molecule has 0 unspecified atom stereocenters. The van der Waals surface area contributed by atoms with Gasteiger partial charge in [0.1, 0.15) is 0 Å². The summed E-state index contributed by atoms with van der Waals surface area (Å²) in [5.74, 6) is 1.20. The zero-order valence-electron chi connectivity index (χ0n) is 12.8. The molecule has 0 saturated carbocycles.